The van der Waals surface area contributed by atoms with Gasteiger partial charge in [0.25, 0.3) is 0 Å². The minimum absolute atomic E-state index is 0.0417. The Bertz CT molecular complexity index is 446. The molecule has 1 rings (SSSR count). The van der Waals surface area contributed by atoms with Crippen LogP contribution < -0.4 is 0 Å². The molecule has 0 bridgehead atoms. The molecular formula is C16H21FOS. The molecule has 1 aromatic carbocycles. The number of aliphatic hydroxyl groups excluding tert-OH is 1. The summed E-state index contributed by atoms with van der Waals surface area (Å²) in [6.07, 6.45) is 1.59. The molecule has 0 heterocycles. The molecule has 1 aromatic rings. The molecule has 0 aliphatic rings. The molecular weight excluding hydrogens is 259 g/mol. The van der Waals surface area contributed by atoms with Crippen LogP contribution in [0.2, 0.25) is 0 Å². The lowest BCUT2D eigenvalue weighted by atomic mass is 10.1. The minimum Gasteiger partial charge on any atom is -0.395 e. The highest BCUT2D eigenvalue weighted by atomic mass is 32.2. The number of benzene rings is 1. The van der Waals surface area contributed by atoms with Crippen LogP contribution in [0.4, 0.5) is 4.39 Å². The van der Waals surface area contributed by atoms with Gasteiger partial charge in [-0.15, -0.1) is 0 Å². The number of aliphatic hydroxyl groups is 1. The van der Waals surface area contributed by atoms with Crippen LogP contribution in [0.15, 0.2) is 18.2 Å². The first-order valence-corrected chi connectivity index (χ1v) is 7.75. The van der Waals surface area contributed by atoms with Gasteiger partial charge in [-0.05, 0) is 35.8 Å². The van der Waals surface area contributed by atoms with Crippen molar-refractivity contribution in [1.82, 2.24) is 0 Å². The molecule has 0 saturated carbocycles. The predicted octanol–water partition coefficient (Wildman–Crippen LogP) is 3.84. The molecule has 0 saturated heterocycles. The molecule has 1 N–H and O–H groups in total. The summed E-state index contributed by atoms with van der Waals surface area (Å²) in [5.41, 5.74) is 1.41. The fourth-order valence-electron chi connectivity index (χ4n) is 1.46. The van der Waals surface area contributed by atoms with Gasteiger partial charge in [0.1, 0.15) is 5.82 Å². The maximum atomic E-state index is 13.8. The molecule has 0 aliphatic carbocycles. The molecule has 0 amide bonds. The first-order chi connectivity index (χ1) is 9.13. The average molecular weight is 280 g/mol. The first kappa shape index (κ1) is 16.1. The van der Waals surface area contributed by atoms with Crippen LogP contribution in [-0.2, 0) is 5.75 Å². The molecule has 0 spiro atoms. The fraction of sp³-hybridized carbons (Fsp3) is 0.500. The topological polar surface area (TPSA) is 20.2 Å². The van der Waals surface area contributed by atoms with Gasteiger partial charge >= 0.3 is 0 Å². The van der Waals surface area contributed by atoms with E-state index in [1.165, 1.54) is 6.07 Å². The van der Waals surface area contributed by atoms with Crippen LogP contribution >= 0.6 is 11.8 Å². The number of hydrogen-bond donors (Lipinski definition) is 1. The van der Waals surface area contributed by atoms with Crippen LogP contribution in [0.25, 0.3) is 0 Å². The number of hydrogen-bond acceptors (Lipinski definition) is 2. The Morgan fingerprint density at radius 1 is 1.37 bits per heavy atom. The maximum absolute atomic E-state index is 13.8. The summed E-state index contributed by atoms with van der Waals surface area (Å²) in [5.74, 6) is 7.91. The summed E-state index contributed by atoms with van der Waals surface area (Å²) >= 11 is 1.77. The second kappa shape index (κ2) is 9.01. The monoisotopic (exact) mass is 280 g/mol. The zero-order chi connectivity index (χ0) is 14.1. The van der Waals surface area contributed by atoms with Crippen molar-refractivity contribution in [2.45, 2.75) is 32.4 Å². The van der Waals surface area contributed by atoms with Gasteiger partial charge in [-0.25, -0.2) is 4.39 Å². The molecule has 104 valence electrons. The maximum Gasteiger partial charge on any atom is 0.128 e. The van der Waals surface area contributed by atoms with Gasteiger partial charge in [0.05, 0.1) is 6.61 Å². The Hall–Kier alpha value is -0.980. The van der Waals surface area contributed by atoms with Gasteiger partial charge in [-0.3, -0.25) is 0 Å². The van der Waals surface area contributed by atoms with Crippen LogP contribution in [0.3, 0.4) is 0 Å². The predicted molar refractivity (Wildman–Crippen MR) is 80.6 cm³/mol. The van der Waals surface area contributed by atoms with Crippen molar-refractivity contribution in [1.29, 1.82) is 0 Å². The molecule has 0 atom stereocenters. The molecule has 0 radical (unpaired) electrons. The second-order valence-electron chi connectivity index (χ2n) is 4.82. The first-order valence-electron chi connectivity index (χ1n) is 6.59. The van der Waals surface area contributed by atoms with E-state index in [4.69, 9.17) is 5.11 Å². The molecule has 0 fully saturated rings. The lowest BCUT2D eigenvalue weighted by Crippen LogP contribution is -1.93. The van der Waals surface area contributed by atoms with Crippen LogP contribution in [0, 0.1) is 23.6 Å². The van der Waals surface area contributed by atoms with Crippen LogP contribution in [0.5, 0.6) is 0 Å². The molecule has 19 heavy (non-hydrogen) atoms. The van der Waals surface area contributed by atoms with Crippen LogP contribution in [0.1, 0.15) is 37.8 Å². The number of halogens is 1. The van der Waals surface area contributed by atoms with Gasteiger partial charge in [-0.1, -0.05) is 31.8 Å². The summed E-state index contributed by atoms with van der Waals surface area (Å²) in [6, 6.07) is 5.12. The minimum atomic E-state index is -0.187. The van der Waals surface area contributed by atoms with E-state index in [0.29, 0.717) is 23.7 Å². The average Bonchev–Trinajstić information content (AvgIpc) is 2.36. The van der Waals surface area contributed by atoms with E-state index in [9.17, 15) is 4.39 Å². The highest BCUT2D eigenvalue weighted by molar-refractivity contribution is 7.98. The Morgan fingerprint density at radius 2 is 2.16 bits per heavy atom. The third-order valence-corrected chi connectivity index (χ3v) is 3.66. The third kappa shape index (κ3) is 6.66. The summed E-state index contributed by atoms with van der Waals surface area (Å²) in [4.78, 5) is 0. The van der Waals surface area contributed by atoms with Crippen molar-refractivity contribution in [2.24, 2.45) is 5.92 Å². The quantitative estimate of drug-likeness (QED) is 0.631. The normalized spacial score (nSPS) is 10.4. The van der Waals surface area contributed by atoms with Crippen molar-refractivity contribution in [3.05, 3.63) is 35.1 Å². The fourth-order valence-corrected chi connectivity index (χ4v) is 2.70. The lowest BCUT2D eigenvalue weighted by molar-refractivity contribution is 0.305. The smallest absolute Gasteiger partial charge is 0.128 e. The molecule has 0 aromatic heterocycles. The van der Waals surface area contributed by atoms with E-state index < -0.39 is 0 Å². The highest BCUT2D eigenvalue weighted by Crippen LogP contribution is 2.18. The second-order valence-corrected chi connectivity index (χ2v) is 5.92. The Morgan fingerprint density at radius 3 is 2.79 bits per heavy atom. The summed E-state index contributed by atoms with van der Waals surface area (Å²) in [6.45, 7) is 4.43. The number of rotatable bonds is 6. The van der Waals surface area contributed by atoms with E-state index in [2.05, 4.69) is 25.7 Å². The van der Waals surface area contributed by atoms with Crippen molar-refractivity contribution in [3.8, 4) is 11.8 Å². The van der Waals surface area contributed by atoms with Crippen molar-refractivity contribution in [2.75, 3.05) is 12.4 Å². The van der Waals surface area contributed by atoms with E-state index in [1.807, 2.05) is 6.07 Å². The summed E-state index contributed by atoms with van der Waals surface area (Å²) in [5, 5.41) is 8.62. The Balaban J connectivity index is 2.51. The highest BCUT2D eigenvalue weighted by Gasteiger charge is 2.03. The SMILES string of the molecule is CC(C)CCSCc1ccc(C#CCCO)cc1F. The zero-order valence-corrected chi connectivity index (χ0v) is 12.4. The standard InChI is InChI=1S/C16H21FOS/c1-13(2)8-10-19-12-15-7-6-14(11-16(15)17)5-3-4-9-18/h6-7,11,13,18H,4,8-10,12H2,1-2H3. The molecule has 0 aliphatic heterocycles. The van der Waals surface area contributed by atoms with Crippen LogP contribution in [-0.4, -0.2) is 17.5 Å². The van der Waals surface area contributed by atoms with Gasteiger partial charge in [0.2, 0.25) is 0 Å². The van der Waals surface area contributed by atoms with E-state index in [1.54, 1.807) is 17.8 Å². The zero-order valence-electron chi connectivity index (χ0n) is 11.6. The molecule has 0 unspecified atom stereocenters. The van der Waals surface area contributed by atoms with E-state index in [0.717, 1.165) is 17.7 Å². The van der Waals surface area contributed by atoms with Crippen molar-refractivity contribution in [3.63, 3.8) is 0 Å². The lowest BCUT2D eigenvalue weighted by Gasteiger charge is -2.06. The van der Waals surface area contributed by atoms with Gasteiger partial charge in [-0.2, -0.15) is 11.8 Å². The van der Waals surface area contributed by atoms with Gasteiger partial charge < -0.3 is 5.11 Å². The summed E-state index contributed by atoms with van der Waals surface area (Å²) in [7, 11) is 0. The van der Waals surface area contributed by atoms with Crippen molar-refractivity contribution >= 4 is 11.8 Å². The largest absolute Gasteiger partial charge is 0.395 e. The Labute approximate surface area is 119 Å². The number of thioether (sulfide) groups is 1. The molecule has 3 heteroatoms. The molecule has 1 nitrogen and oxygen atoms in total. The van der Waals surface area contributed by atoms with Gasteiger partial charge in [0, 0.05) is 17.7 Å². The third-order valence-electron chi connectivity index (χ3n) is 2.62. The van der Waals surface area contributed by atoms with Crippen molar-refractivity contribution < 1.29 is 9.50 Å². The summed E-state index contributed by atoms with van der Waals surface area (Å²) < 4.78 is 13.8. The van der Waals surface area contributed by atoms with E-state index >= 15 is 0 Å². The van der Waals surface area contributed by atoms with E-state index in [-0.39, 0.29) is 12.4 Å². The van der Waals surface area contributed by atoms with Gasteiger partial charge in [0.15, 0.2) is 0 Å². The Kier molecular flexibility index (Phi) is 7.62.